The van der Waals surface area contributed by atoms with Crippen LogP contribution in [0.2, 0.25) is 0 Å². The topological polar surface area (TPSA) is 126 Å². The number of nitrogens with one attached hydrogen (secondary N) is 2. The number of H-pyrrole nitrogens is 1. The van der Waals surface area contributed by atoms with Gasteiger partial charge in [-0.2, -0.15) is 0 Å². The second kappa shape index (κ2) is 8.80. The Morgan fingerprint density at radius 2 is 1.67 bits per heavy atom. The zero-order valence-electron chi connectivity index (χ0n) is 17.6. The van der Waals surface area contributed by atoms with Crippen LogP contribution < -0.4 is 5.32 Å². The number of rotatable bonds is 7. The molecule has 0 bridgehead atoms. The molecule has 0 saturated carbocycles. The molecule has 8 nitrogen and oxygen atoms in total. The van der Waals surface area contributed by atoms with Crippen LogP contribution in [0, 0.1) is 0 Å². The molecule has 2 aromatic carbocycles. The molecule has 0 spiro atoms. The monoisotopic (exact) mass is 483 g/mol. The quantitative estimate of drug-likeness (QED) is 0.416. The summed E-state index contributed by atoms with van der Waals surface area (Å²) in [6.45, 7) is 1.65. The Morgan fingerprint density at radius 3 is 2.33 bits per heavy atom. The molecule has 0 aliphatic rings. The minimum Gasteiger partial charge on any atom is -0.350 e. The third-order valence-electron chi connectivity index (χ3n) is 5.21. The second-order valence-electron chi connectivity index (χ2n) is 7.33. The van der Waals surface area contributed by atoms with Crippen molar-refractivity contribution in [3.05, 3.63) is 84.3 Å². The summed E-state index contributed by atoms with van der Waals surface area (Å²) in [4.78, 5) is 19.0. The minimum absolute atomic E-state index is 0.0283. The predicted molar refractivity (Wildman–Crippen MR) is 123 cm³/mol. The number of benzene rings is 2. The molecule has 4 aromatic rings. The van der Waals surface area contributed by atoms with Crippen molar-refractivity contribution in [3.8, 4) is 0 Å². The lowest BCUT2D eigenvalue weighted by atomic mass is 10.2. The highest BCUT2D eigenvalue weighted by molar-refractivity contribution is 7.94. The van der Waals surface area contributed by atoms with E-state index in [1.54, 1.807) is 36.7 Å². The van der Waals surface area contributed by atoms with Gasteiger partial charge in [-0.1, -0.05) is 31.2 Å². The maximum absolute atomic E-state index is 13.1. The van der Waals surface area contributed by atoms with Crippen molar-refractivity contribution in [1.29, 1.82) is 0 Å². The molecule has 10 heteroatoms. The average molecular weight is 484 g/mol. The van der Waals surface area contributed by atoms with Gasteiger partial charge in [-0.05, 0) is 42.0 Å². The lowest BCUT2D eigenvalue weighted by Crippen LogP contribution is -2.23. The smallest absolute Gasteiger partial charge is 0.267 e. The van der Waals surface area contributed by atoms with Gasteiger partial charge in [0.15, 0.2) is 9.84 Å². The van der Waals surface area contributed by atoms with Crippen molar-refractivity contribution >= 4 is 36.5 Å². The molecule has 0 atom stereocenters. The van der Waals surface area contributed by atoms with E-state index in [0.717, 1.165) is 10.9 Å². The number of sulfone groups is 2. The van der Waals surface area contributed by atoms with Gasteiger partial charge in [0, 0.05) is 29.8 Å². The summed E-state index contributed by atoms with van der Waals surface area (Å²) in [5, 5.41) is 3.61. The molecule has 2 heterocycles. The molecule has 170 valence electrons. The van der Waals surface area contributed by atoms with Crippen molar-refractivity contribution in [3.63, 3.8) is 0 Å². The van der Waals surface area contributed by atoms with Crippen LogP contribution in [0.3, 0.4) is 0 Å². The highest BCUT2D eigenvalue weighted by Gasteiger charge is 2.26. The largest absolute Gasteiger partial charge is 0.350 e. The standard InChI is InChI=1S/C23H21N3O5S2/c1-2-32(28,29)21-5-3-4-6-22(21)33(30,31)18-9-7-16(8-10-18)14-25-23(27)20-13-17-15-24-12-11-19(17)26-20/h3-13,15,26H,2,14H2,1H3,(H,25,27). The number of fused-ring (bicyclic) bond motifs is 1. The number of amides is 1. The maximum Gasteiger partial charge on any atom is 0.267 e. The van der Waals surface area contributed by atoms with Gasteiger partial charge in [-0.3, -0.25) is 9.78 Å². The number of hydrogen-bond acceptors (Lipinski definition) is 6. The Hall–Kier alpha value is -3.50. The fraction of sp³-hybridized carbons (Fsp3) is 0.130. The van der Waals surface area contributed by atoms with E-state index >= 15 is 0 Å². The third kappa shape index (κ3) is 4.53. The summed E-state index contributed by atoms with van der Waals surface area (Å²) >= 11 is 0. The number of carbonyl (C=O) groups is 1. The summed E-state index contributed by atoms with van der Waals surface area (Å²) in [5.74, 6) is -0.507. The van der Waals surface area contributed by atoms with Gasteiger partial charge < -0.3 is 10.3 Å². The lowest BCUT2D eigenvalue weighted by molar-refractivity contribution is 0.0946. The molecule has 0 aliphatic carbocycles. The minimum atomic E-state index is -4.05. The molecule has 0 radical (unpaired) electrons. The van der Waals surface area contributed by atoms with Crippen molar-refractivity contribution in [1.82, 2.24) is 15.3 Å². The molecule has 0 fully saturated rings. The molecule has 0 aliphatic heterocycles. The van der Waals surface area contributed by atoms with Crippen LogP contribution >= 0.6 is 0 Å². The van der Waals surface area contributed by atoms with Crippen molar-refractivity contribution < 1.29 is 21.6 Å². The average Bonchev–Trinajstić information content (AvgIpc) is 3.27. The molecule has 2 N–H and O–H groups in total. The van der Waals surface area contributed by atoms with Crippen LogP contribution in [0.4, 0.5) is 0 Å². The Balaban J connectivity index is 1.52. The van der Waals surface area contributed by atoms with E-state index in [-0.39, 0.29) is 32.9 Å². The van der Waals surface area contributed by atoms with Crippen LogP contribution in [0.15, 0.2) is 87.7 Å². The Morgan fingerprint density at radius 1 is 0.970 bits per heavy atom. The summed E-state index contributed by atoms with van der Waals surface area (Å²) < 4.78 is 51.0. The van der Waals surface area contributed by atoms with Gasteiger partial charge in [-0.25, -0.2) is 16.8 Å². The van der Waals surface area contributed by atoms with Crippen LogP contribution in [0.25, 0.3) is 10.9 Å². The van der Waals surface area contributed by atoms with Crippen LogP contribution in [-0.2, 0) is 26.2 Å². The van der Waals surface area contributed by atoms with E-state index in [2.05, 4.69) is 15.3 Å². The number of carbonyl (C=O) groups excluding carboxylic acids is 1. The van der Waals surface area contributed by atoms with Gasteiger partial charge in [0.1, 0.15) is 5.69 Å². The molecule has 2 aromatic heterocycles. The number of aromatic nitrogens is 2. The van der Waals surface area contributed by atoms with Gasteiger partial charge in [0.25, 0.3) is 5.91 Å². The molecule has 4 rings (SSSR count). The van der Waals surface area contributed by atoms with Crippen molar-refractivity contribution in [2.24, 2.45) is 0 Å². The van der Waals surface area contributed by atoms with E-state index in [4.69, 9.17) is 0 Å². The van der Waals surface area contributed by atoms with Gasteiger partial charge in [0.2, 0.25) is 9.84 Å². The first-order valence-corrected chi connectivity index (χ1v) is 13.2. The SMILES string of the molecule is CCS(=O)(=O)c1ccccc1S(=O)(=O)c1ccc(CNC(=O)c2cc3cnccc3[nH]2)cc1. The predicted octanol–water partition coefficient (Wildman–Crippen LogP) is 3.12. The van der Waals surface area contributed by atoms with Gasteiger partial charge in [0.05, 0.1) is 20.4 Å². The third-order valence-corrected chi connectivity index (χ3v) is 8.95. The van der Waals surface area contributed by atoms with Crippen LogP contribution in [-0.4, -0.2) is 38.5 Å². The first kappa shape index (κ1) is 22.7. The maximum atomic E-state index is 13.1. The van der Waals surface area contributed by atoms with Crippen molar-refractivity contribution in [2.45, 2.75) is 28.2 Å². The second-order valence-corrected chi connectivity index (χ2v) is 11.5. The van der Waals surface area contributed by atoms with Gasteiger partial charge in [-0.15, -0.1) is 0 Å². The first-order chi connectivity index (χ1) is 15.7. The van der Waals surface area contributed by atoms with Gasteiger partial charge >= 0.3 is 0 Å². The first-order valence-electron chi connectivity index (χ1n) is 10.1. The number of nitrogens with zero attached hydrogens (tertiary/aromatic N) is 1. The summed E-state index contributed by atoms with van der Waals surface area (Å²) in [7, 11) is -7.76. The molecular weight excluding hydrogens is 462 g/mol. The molecular formula is C23H21N3O5S2. The van der Waals surface area contributed by atoms with Crippen molar-refractivity contribution in [2.75, 3.05) is 5.75 Å². The fourth-order valence-corrected chi connectivity index (χ4v) is 6.39. The van der Waals surface area contributed by atoms with E-state index < -0.39 is 19.7 Å². The molecule has 33 heavy (non-hydrogen) atoms. The summed E-state index contributed by atoms with van der Waals surface area (Å²) in [5.41, 5.74) is 1.88. The molecule has 0 unspecified atom stereocenters. The van der Waals surface area contributed by atoms with E-state index in [0.29, 0.717) is 11.3 Å². The highest BCUT2D eigenvalue weighted by atomic mass is 32.2. The molecule has 0 saturated heterocycles. The van der Waals surface area contributed by atoms with Crippen LogP contribution in [0.1, 0.15) is 23.0 Å². The summed E-state index contributed by atoms with van der Waals surface area (Å²) in [6, 6.07) is 15.0. The van der Waals surface area contributed by atoms with E-state index in [9.17, 15) is 21.6 Å². The highest BCUT2D eigenvalue weighted by Crippen LogP contribution is 2.28. The number of aromatic amines is 1. The zero-order chi connectivity index (χ0) is 23.6. The fourth-order valence-electron chi connectivity index (χ4n) is 3.37. The Labute approximate surface area is 191 Å². The zero-order valence-corrected chi connectivity index (χ0v) is 19.3. The number of pyridine rings is 1. The Kier molecular flexibility index (Phi) is 6.05. The lowest BCUT2D eigenvalue weighted by Gasteiger charge is -2.11. The number of hydrogen-bond donors (Lipinski definition) is 2. The molecule has 1 amide bonds. The Bertz CT molecular complexity index is 1510. The van der Waals surface area contributed by atoms with E-state index in [1.807, 2.05) is 0 Å². The summed E-state index contributed by atoms with van der Waals surface area (Å²) in [6.07, 6.45) is 3.29. The van der Waals surface area contributed by atoms with E-state index in [1.165, 1.54) is 43.3 Å². The normalized spacial score (nSPS) is 12.0. The van der Waals surface area contributed by atoms with Crippen LogP contribution in [0.5, 0.6) is 0 Å².